The van der Waals surface area contributed by atoms with Crippen molar-refractivity contribution in [1.29, 1.82) is 0 Å². The highest BCUT2D eigenvalue weighted by atomic mass is 15.4. The first-order valence-corrected chi connectivity index (χ1v) is 7.07. The molecular weight excluding hydrogens is 226 g/mol. The monoisotopic (exact) mass is 249 g/mol. The average molecular weight is 249 g/mol. The Morgan fingerprint density at radius 3 is 2.94 bits per heavy atom. The van der Waals surface area contributed by atoms with Crippen LogP contribution in [0.1, 0.15) is 50.8 Å². The van der Waals surface area contributed by atoms with Crippen LogP contribution in [0.25, 0.3) is 0 Å². The Kier molecular flexibility index (Phi) is 3.01. The zero-order chi connectivity index (χ0) is 12.6. The van der Waals surface area contributed by atoms with Crippen molar-refractivity contribution in [2.75, 3.05) is 24.5 Å². The Labute approximate surface area is 108 Å². The molecule has 2 fully saturated rings. The molecule has 18 heavy (non-hydrogen) atoms. The van der Waals surface area contributed by atoms with E-state index in [0.29, 0.717) is 5.92 Å². The van der Waals surface area contributed by atoms with Gasteiger partial charge in [0.25, 0.3) is 0 Å². The fourth-order valence-corrected chi connectivity index (χ4v) is 2.92. The Balaban J connectivity index is 1.71. The molecule has 1 aliphatic heterocycles. The van der Waals surface area contributed by atoms with E-state index in [0.717, 1.165) is 31.4 Å². The molecule has 5 nitrogen and oxygen atoms in total. The summed E-state index contributed by atoms with van der Waals surface area (Å²) in [6.45, 7) is 5.03. The molecule has 1 saturated heterocycles. The molecule has 3 N–H and O–H groups in total. The number of anilines is 1. The number of hydrogen-bond donors (Lipinski definition) is 2. The highest BCUT2D eigenvalue weighted by molar-refractivity contribution is 5.31. The van der Waals surface area contributed by atoms with Gasteiger partial charge in [-0.15, -0.1) is 5.10 Å². The largest absolute Gasteiger partial charge is 0.339 e. The molecule has 5 heteroatoms. The van der Waals surface area contributed by atoms with Crippen LogP contribution in [0.2, 0.25) is 0 Å². The quantitative estimate of drug-likeness (QED) is 0.854. The zero-order valence-electron chi connectivity index (χ0n) is 11.2. The summed E-state index contributed by atoms with van der Waals surface area (Å²) in [5.41, 5.74) is 6.10. The van der Waals surface area contributed by atoms with E-state index in [1.807, 2.05) is 0 Å². The number of aromatic amines is 1. The van der Waals surface area contributed by atoms with E-state index < -0.39 is 0 Å². The molecule has 1 aromatic heterocycles. The summed E-state index contributed by atoms with van der Waals surface area (Å²) in [6, 6.07) is 0. The molecule has 2 heterocycles. The highest BCUT2D eigenvalue weighted by Crippen LogP contribution is 2.35. The maximum absolute atomic E-state index is 5.89. The number of nitrogens with zero attached hydrogens (tertiary/aromatic N) is 3. The number of piperidine rings is 1. The average Bonchev–Trinajstić information content (AvgIpc) is 2.76. The van der Waals surface area contributed by atoms with Crippen LogP contribution in [0, 0.1) is 5.41 Å². The SMILES string of the molecule is CC1(CN)CCCN(c2n[nH]c(C3CCC3)n2)C1. The number of H-pyrrole nitrogens is 1. The van der Waals surface area contributed by atoms with Gasteiger partial charge in [0.15, 0.2) is 0 Å². The molecular formula is C13H23N5. The van der Waals surface area contributed by atoms with Crippen molar-refractivity contribution in [3.63, 3.8) is 0 Å². The molecule has 1 aliphatic carbocycles. The molecule has 2 aliphatic rings. The van der Waals surface area contributed by atoms with Crippen molar-refractivity contribution in [2.45, 2.75) is 44.9 Å². The zero-order valence-corrected chi connectivity index (χ0v) is 11.2. The van der Waals surface area contributed by atoms with Crippen LogP contribution in [0.4, 0.5) is 5.95 Å². The number of nitrogens with two attached hydrogens (primary N) is 1. The van der Waals surface area contributed by atoms with E-state index in [1.54, 1.807) is 0 Å². The fourth-order valence-electron chi connectivity index (χ4n) is 2.92. The lowest BCUT2D eigenvalue weighted by molar-refractivity contribution is 0.270. The molecule has 1 aromatic rings. The topological polar surface area (TPSA) is 70.8 Å². The highest BCUT2D eigenvalue weighted by Gasteiger charge is 2.32. The van der Waals surface area contributed by atoms with Gasteiger partial charge in [0, 0.05) is 19.0 Å². The first-order valence-electron chi connectivity index (χ1n) is 7.07. The van der Waals surface area contributed by atoms with E-state index in [2.05, 4.69) is 27.0 Å². The molecule has 3 rings (SSSR count). The minimum Gasteiger partial charge on any atom is -0.339 e. The molecule has 0 amide bonds. The van der Waals surface area contributed by atoms with E-state index in [-0.39, 0.29) is 5.41 Å². The lowest BCUT2D eigenvalue weighted by atomic mass is 9.82. The van der Waals surface area contributed by atoms with Gasteiger partial charge in [-0.05, 0) is 37.6 Å². The molecule has 1 saturated carbocycles. The molecule has 0 aromatic carbocycles. The van der Waals surface area contributed by atoms with E-state index >= 15 is 0 Å². The van der Waals surface area contributed by atoms with Gasteiger partial charge < -0.3 is 10.6 Å². The predicted octanol–water partition coefficient (Wildman–Crippen LogP) is 1.64. The minimum atomic E-state index is 0.218. The Morgan fingerprint density at radius 2 is 2.28 bits per heavy atom. The number of rotatable bonds is 3. The second-order valence-electron chi connectivity index (χ2n) is 6.19. The summed E-state index contributed by atoms with van der Waals surface area (Å²) in [4.78, 5) is 6.96. The third-order valence-corrected chi connectivity index (χ3v) is 4.54. The second kappa shape index (κ2) is 4.53. The van der Waals surface area contributed by atoms with Gasteiger partial charge in [-0.2, -0.15) is 4.98 Å². The maximum atomic E-state index is 5.89. The predicted molar refractivity (Wildman–Crippen MR) is 71.6 cm³/mol. The maximum Gasteiger partial charge on any atom is 0.244 e. The third kappa shape index (κ3) is 2.11. The van der Waals surface area contributed by atoms with Crippen molar-refractivity contribution in [3.05, 3.63) is 5.82 Å². The van der Waals surface area contributed by atoms with Gasteiger partial charge >= 0.3 is 0 Å². The van der Waals surface area contributed by atoms with E-state index in [4.69, 9.17) is 5.73 Å². The standard InChI is InChI=1S/C13H23N5/c1-13(8-14)6-3-7-18(9-13)12-15-11(16-17-12)10-4-2-5-10/h10H,2-9,14H2,1H3,(H,15,16,17). The minimum absolute atomic E-state index is 0.218. The molecule has 100 valence electrons. The normalized spacial score (nSPS) is 29.3. The molecule has 1 unspecified atom stereocenters. The van der Waals surface area contributed by atoms with Gasteiger partial charge in [-0.1, -0.05) is 13.3 Å². The number of nitrogens with one attached hydrogen (secondary N) is 1. The van der Waals surface area contributed by atoms with Crippen molar-refractivity contribution in [1.82, 2.24) is 15.2 Å². The number of aromatic nitrogens is 3. The lowest BCUT2D eigenvalue weighted by Crippen LogP contribution is -2.46. The number of hydrogen-bond acceptors (Lipinski definition) is 4. The molecule has 0 radical (unpaired) electrons. The van der Waals surface area contributed by atoms with Crippen LogP contribution in [-0.4, -0.2) is 34.8 Å². The van der Waals surface area contributed by atoms with Crippen LogP contribution in [-0.2, 0) is 0 Å². The molecule has 1 atom stereocenters. The van der Waals surface area contributed by atoms with Crippen molar-refractivity contribution in [2.24, 2.45) is 11.1 Å². The first-order chi connectivity index (χ1) is 8.70. The fraction of sp³-hybridized carbons (Fsp3) is 0.846. The summed E-state index contributed by atoms with van der Waals surface area (Å²) in [5.74, 6) is 2.57. The lowest BCUT2D eigenvalue weighted by Gasteiger charge is -2.39. The van der Waals surface area contributed by atoms with Crippen molar-refractivity contribution >= 4 is 5.95 Å². The summed E-state index contributed by atoms with van der Waals surface area (Å²) in [7, 11) is 0. The summed E-state index contributed by atoms with van der Waals surface area (Å²) < 4.78 is 0. The van der Waals surface area contributed by atoms with Gasteiger partial charge in [0.05, 0.1) is 0 Å². The van der Waals surface area contributed by atoms with E-state index in [1.165, 1.54) is 32.1 Å². The Bertz CT molecular complexity index is 411. The van der Waals surface area contributed by atoms with Crippen LogP contribution in [0.5, 0.6) is 0 Å². The van der Waals surface area contributed by atoms with Gasteiger partial charge in [0.1, 0.15) is 5.82 Å². The smallest absolute Gasteiger partial charge is 0.244 e. The van der Waals surface area contributed by atoms with Crippen LogP contribution in [0.15, 0.2) is 0 Å². The van der Waals surface area contributed by atoms with Gasteiger partial charge in [-0.3, -0.25) is 5.10 Å². The van der Waals surface area contributed by atoms with Crippen LogP contribution < -0.4 is 10.6 Å². The third-order valence-electron chi connectivity index (χ3n) is 4.54. The molecule has 0 spiro atoms. The van der Waals surface area contributed by atoms with Gasteiger partial charge in [-0.25, -0.2) is 0 Å². The van der Waals surface area contributed by atoms with E-state index in [9.17, 15) is 0 Å². The Morgan fingerprint density at radius 1 is 1.44 bits per heavy atom. The van der Waals surface area contributed by atoms with Gasteiger partial charge in [0.2, 0.25) is 5.95 Å². The first kappa shape index (κ1) is 12.0. The van der Waals surface area contributed by atoms with Crippen molar-refractivity contribution < 1.29 is 0 Å². The van der Waals surface area contributed by atoms with Crippen LogP contribution >= 0.6 is 0 Å². The summed E-state index contributed by atoms with van der Waals surface area (Å²) in [6.07, 6.45) is 6.24. The van der Waals surface area contributed by atoms with Crippen LogP contribution in [0.3, 0.4) is 0 Å². The molecule has 0 bridgehead atoms. The summed E-state index contributed by atoms with van der Waals surface area (Å²) >= 11 is 0. The van der Waals surface area contributed by atoms with Crippen molar-refractivity contribution in [3.8, 4) is 0 Å². The Hall–Kier alpha value is -1.10. The second-order valence-corrected chi connectivity index (χ2v) is 6.19. The summed E-state index contributed by atoms with van der Waals surface area (Å²) in [5, 5.41) is 7.51.